The van der Waals surface area contributed by atoms with E-state index < -0.39 is 54.8 Å². The molecule has 9 heteroatoms. The Hall–Kier alpha value is -1.35. The number of halogens is 5. The highest BCUT2D eigenvalue weighted by atomic mass is 19.4. The van der Waals surface area contributed by atoms with E-state index in [1.807, 2.05) is 0 Å². The van der Waals surface area contributed by atoms with Crippen LogP contribution in [-0.4, -0.2) is 29.5 Å². The average Bonchev–Trinajstić information content (AvgIpc) is 2.30. The maximum Gasteiger partial charge on any atom is 0.499 e. The number of ether oxygens (including phenoxy) is 1. The fourth-order valence-corrected chi connectivity index (χ4v) is 0.677. The normalized spacial score (nSPS) is 15.7. The lowest BCUT2D eigenvalue weighted by molar-refractivity contribution is -0.360. The molecule has 0 atom stereocenters. The second-order valence-corrected chi connectivity index (χ2v) is 2.73. The van der Waals surface area contributed by atoms with Gasteiger partial charge in [0.2, 0.25) is 0 Å². The van der Waals surface area contributed by atoms with Crippen molar-refractivity contribution in [1.29, 1.82) is 0 Å². The Morgan fingerprint density at radius 2 is 1.53 bits per heavy atom. The molecular weight excluding hydrogens is 250 g/mol. The Labute approximate surface area is 98.2 Å². The fraction of sp³-hybridized carbons (Fsp3) is 0.250. The summed E-state index contributed by atoms with van der Waals surface area (Å²) in [5.41, 5.74) is -0.979. The molecule has 1 aromatic carbocycles. The van der Waals surface area contributed by atoms with E-state index in [1.54, 1.807) is 0 Å². The van der Waals surface area contributed by atoms with Gasteiger partial charge in [0.15, 0.2) is 0 Å². The van der Waals surface area contributed by atoms with Crippen LogP contribution >= 0.6 is 0 Å². The summed E-state index contributed by atoms with van der Waals surface area (Å²) in [5, 5.41) is 17.7. The van der Waals surface area contributed by atoms with Crippen LogP contribution in [0.25, 0.3) is 0 Å². The number of alkyl halides is 5. The van der Waals surface area contributed by atoms with E-state index in [4.69, 9.17) is 15.5 Å². The minimum Gasteiger partial charge on any atom is -0.426 e. The third-order valence-corrected chi connectivity index (χ3v) is 1.44. The summed E-state index contributed by atoms with van der Waals surface area (Å²) in [6.45, 7) is 0. The Kier molecular flexibility index (Phi) is 2.30. The van der Waals surface area contributed by atoms with E-state index in [0.29, 0.717) is 0 Å². The van der Waals surface area contributed by atoms with E-state index in [9.17, 15) is 22.0 Å². The minimum absolute atomic E-state index is 0.979. The van der Waals surface area contributed by atoms with Crippen LogP contribution in [0.15, 0.2) is 24.2 Å². The number of benzene rings is 1. The van der Waals surface area contributed by atoms with Gasteiger partial charge in [-0.3, -0.25) is 0 Å². The van der Waals surface area contributed by atoms with Gasteiger partial charge in [0, 0.05) is 0 Å². The highest BCUT2D eigenvalue weighted by Gasteiger charge is 2.61. The SMILES string of the molecule is [2H]c1c([2H])c(B(O)O)c([2H])c([2H])c1OC(F)(F)C(F)(F)F. The van der Waals surface area contributed by atoms with E-state index in [0.717, 1.165) is 0 Å². The Balaban J connectivity index is 3.48. The predicted molar refractivity (Wildman–Crippen MR) is 47.9 cm³/mol. The maximum atomic E-state index is 12.8. The average molecular weight is 260 g/mol. The van der Waals surface area contributed by atoms with Gasteiger partial charge in [-0.2, -0.15) is 22.0 Å². The summed E-state index contributed by atoms with van der Waals surface area (Å²) in [6, 6.07) is -5.22. The Morgan fingerprint density at radius 3 is 1.88 bits per heavy atom. The molecule has 0 saturated carbocycles. The molecule has 0 aliphatic heterocycles. The van der Waals surface area contributed by atoms with Crippen LogP contribution in [0.2, 0.25) is 0 Å². The maximum absolute atomic E-state index is 12.8. The van der Waals surface area contributed by atoms with Crippen LogP contribution in [-0.2, 0) is 0 Å². The van der Waals surface area contributed by atoms with Crippen LogP contribution < -0.4 is 10.2 Å². The second kappa shape index (κ2) is 4.50. The minimum atomic E-state index is -6.13. The largest absolute Gasteiger partial charge is 0.499 e. The summed E-state index contributed by atoms with van der Waals surface area (Å²) in [7, 11) is -2.48. The summed E-state index contributed by atoms with van der Waals surface area (Å²) < 4.78 is 93.8. The van der Waals surface area contributed by atoms with Gasteiger partial charge in [-0.25, -0.2) is 0 Å². The molecule has 94 valence electrons. The van der Waals surface area contributed by atoms with Crippen molar-refractivity contribution in [2.75, 3.05) is 0 Å². The van der Waals surface area contributed by atoms with Crippen molar-refractivity contribution in [3.8, 4) is 5.75 Å². The number of hydrogen-bond acceptors (Lipinski definition) is 3. The number of rotatable bonds is 3. The molecule has 0 aliphatic carbocycles. The van der Waals surface area contributed by atoms with Crippen molar-refractivity contribution in [3.05, 3.63) is 24.2 Å². The third-order valence-electron chi connectivity index (χ3n) is 1.44. The summed E-state index contributed by atoms with van der Waals surface area (Å²) in [6.07, 6.45) is -11.9. The molecule has 0 aromatic heterocycles. The van der Waals surface area contributed by atoms with Crippen molar-refractivity contribution in [2.24, 2.45) is 0 Å². The molecule has 0 fully saturated rings. The molecule has 1 rings (SSSR count). The van der Waals surface area contributed by atoms with Crippen LogP contribution in [0.5, 0.6) is 5.75 Å². The molecule has 0 heterocycles. The first kappa shape index (κ1) is 8.70. The molecule has 0 radical (unpaired) electrons. The molecule has 0 aliphatic rings. The van der Waals surface area contributed by atoms with Gasteiger partial charge in [-0.15, -0.1) is 0 Å². The highest BCUT2D eigenvalue weighted by Crippen LogP contribution is 2.36. The smallest absolute Gasteiger partial charge is 0.426 e. The van der Waals surface area contributed by atoms with Gasteiger partial charge in [0.05, 0.1) is 5.48 Å². The lowest BCUT2D eigenvalue weighted by Gasteiger charge is -2.20. The van der Waals surface area contributed by atoms with Crippen molar-refractivity contribution in [2.45, 2.75) is 12.3 Å². The van der Waals surface area contributed by atoms with Crippen LogP contribution in [0.4, 0.5) is 22.0 Å². The third kappa shape index (κ3) is 3.30. The Morgan fingerprint density at radius 1 is 1.06 bits per heavy atom. The molecule has 0 bridgehead atoms. The molecule has 1 aromatic rings. The predicted octanol–water partition coefficient (Wildman–Crippen LogP) is 0.900. The topological polar surface area (TPSA) is 49.7 Å². The first-order chi connectivity index (χ1) is 9.31. The summed E-state index contributed by atoms with van der Waals surface area (Å²) >= 11 is 0. The van der Waals surface area contributed by atoms with Crippen LogP contribution in [0, 0.1) is 0 Å². The quantitative estimate of drug-likeness (QED) is 0.627. The molecule has 0 amide bonds. The summed E-state index contributed by atoms with van der Waals surface area (Å²) in [5.74, 6) is -1.66. The van der Waals surface area contributed by atoms with Crippen molar-refractivity contribution in [1.82, 2.24) is 0 Å². The van der Waals surface area contributed by atoms with Gasteiger partial charge >= 0.3 is 19.4 Å². The second-order valence-electron chi connectivity index (χ2n) is 2.73. The fourth-order valence-electron chi connectivity index (χ4n) is 0.677. The van der Waals surface area contributed by atoms with E-state index in [-0.39, 0.29) is 0 Å². The lowest BCUT2D eigenvalue weighted by atomic mass is 9.80. The van der Waals surface area contributed by atoms with Gasteiger partial charge in [0.1, 0.15) is 5.75 Å². The van der Waals surface area contributed by atoms with Crippen LogP contribution in [0.3, 0.4) is 0 Å². The molecule has 17 heavy (non-hydrogen) atoms. The zero-order valence-electron chi connectivity index (χ0n) is 11.8. The zero-order chi connectivity index (χ0) is 16.7. The summed E-state index contributed by atoms with van der Waals surface area (Å²) in [4.78, 5) is 0. The van der Waals surface area contributed by atoms with E-state index in [1.165, 1.54) is 0 Å². The van der Waals surface area contributed by atoms with Gasteiger partial charge in [0.25, 0.3) is 0 Å². The van der Waals surface area contributed by atoms with Crippen molar-refractivity contribution < 1.29 is 42.2 Å². The molecule has 3 nitrogen and oxygen atoms in total. The molecular formula is C8H6BF5O3. The highest BCUT2D eigenvalue weighted by molar-refractivity contribution is 6.58. The zero-order valence-corrected chi connectivity index (χ0v) is 7.77. The van der Waals surface area contributed by atoms with Crippen molar-refractivity contribution >= 4 is 12.6 Å². The van der Waals surface area contributed by atoms with Crippen molar-refractivity contribution in [3.63, 3.8) is 0 Å². The van der Waals surface area contributed by atoms with Gasteiger partial charge in [-0.1, -0.05) is 12.1 Å². The Bertz CT molecular complexity index is 537. The standard InChI is InChI=1S/C8H6BF5O3/c10-7(11,12)8(13,14)17-6-3-1-5(2-4-6)9(15)16/h1-4,15-16H/i1D,2D,3D,4D. The van der Waals surface area contributed by atoms with Gasteiger partial charge in [-0.05, 0) is 17.5 Å². The molecule has 2 N–H and O–H groups in total. The van der Waals surface area contributed by atoms with E-state index in [2.05, 4.69) is 4.74 Å². The van der Waals surface area contributed by atoms with Gasteiger partial charge < -0.3 is 14.8 Å². The first-order valence-electron chi connectivity index (χ1n) is 5.91. The lowest BCUT2D eigenvalue weighted by Crippen LogP contribution is -2.42. The monoisotopic (exact) mass is 260 g/mol. The molecule has 0 saturated heterocycles. The molecule has 0 spiro atoms. The number of hydrogen-bond donors (Lipinski definition) is 2. The first-order valence-corrected chi connectivity index (χ1v) is 3.91. The van der Waals surface area contributed by atoms with Crippen LogP contribution in [0.1, 0.15) is 5.48 Å². The molecule has 0 unspecified atom stereocenters. The van der Waals surface area contributed by atoms with E-state index >= 15 is 0 Å².